The smallest absolute Gasteiger partial charge is 0.124 e. The van der Waals surface area contributed by atoms with Gasteiger partial charge in [0.15, 0.2) is 0 Å². The minimum atomic E-state index is 1.06. The number of para-hydroxylation sites is 2. The van der Waals surface area contributed by atoms with Gasteiger partial charge in [0.2, 0.25) is 0 Å². The number of hydrogen-bond donors (Lipinski definition) is 0. The first-order valence-corrected chi connectivity index (χ1v) is 12.4. The van der Waals surface area contributed by atoms with Gasteiger partial charge in [-0.2, -0.15) is 0 Å². The van der Waals surface area contributed by atoms with Gasteiger partial charge < -0.3 is 0 Å². The van der Waals surface area contributed by atoms with Crippen molar-refractivity contribution in [3.8, 4) is 32.3 Å². The van der Waals surface area contributed by atoms with Gasteiger partial charge in [0.25, 0.3) is 0 Å². The summed E-state index contributed by atoms with van der Waals surface area (Å²) in [6.45, 7) is 0. The highest BCUT2D eigenvalue weighted by Crippen LogP contribution is 2.40. The average Bonchev–Trinajstić information content (AvgIpc) is 3.47. The molecule has 2 nitrogen and oxygen atoms in total. The van der Waals surface area contributed by atoms with Gasteiger partial charge in [-0.3, -0.25) is 0 Å². The largest absolute Gasteiger partial charge is 0.236 e. The lowest BCUT2D eigenvalue weighted by Crippen LogP contribution is -2.04. The molecule has 0 spiro atoms. The molecule has 1 aliphatic carbocycles. The molecule has 0 unspecified atom stereocenters. The molecule has 0 atom stereocenters. The number of thiazole rings is 2. The molecule has 4 heteroatoms. The standard InChI is InChI=1S/C28H18N2S2/c1-3-7-25-23(5-1)29-27(31-25)19-11-13-21-17(15-19)9-10-18-16-20(12-14-22(18)21)28-30-24-6-2-4-8-26(24)32-28/h1-8,11-16H,9-10H2. The van der Waals surface area contributed by atoms with Crippen LogP contribution >= 0.6 is 22.7 Å². The molecule has 0 bridgehead atoms. The fourth-order valence-electron chi connectivity index (χ4n) is 4.65. The maximum absolute atomic E-state index is 4.85. The highest BCUT2D eigenvalue weighted by Gasteiger charge is 2.19. The van der Waals surface area contributed by atoms with E-state index in [-0.39, 0.29) is 0 Å². The third-order valence-corrected chi connectivity index (χ3v) is 8.42. The minimum Gasteiger partial charge on any atom is -0.236 e. The van der Waals surface area contributed by atoms with E-state index in [2.05, 4.69) is 84.9 Å². The van der Waals surface area contributed by atoms with Crippen molar-refractivity contribution < 1.29 is 0 Å². The number of rotatable bonds is 2. The molecule has 0 amide bonds. The van der Waals surface area contributed by atoms with Crippen LogP contribution in [0.25, 0.3) is 52.7 Å². The lowest BCUT2D eigenvalue weighted by atomic mass is 9.84. The van der Waals surface area contributed by atoms with Crippen molar-refractivity contribution in [2.75, 3.05) is 0 Å². The molecular weight excluding hydrogens is 428 g/mol. The minimum absolute atomic E-state index is 1.06. The van der Waals surface area contributed by atoms with Crippen LogP contribution in [0.4, 0.5) is 0 Å². The summed E-state index contributed by atoms with van der Waals surface area (Å²) < 4.78 is 2.49. The van der Waals surface area contributed by atoms with Crippen LogP contribution in [-0.4, -0.2) is 9.97 Å². The summed E-state index contributed by atoms with van der Waals surface area (Å²) in [5.74, 6) is 0. The number of nitrogens with zero attached hydrogens (tertiary/aromatic N) is 2. The van der Waals surface area contributed by atoms with Crippen LogP contribution in [0.2, 0.25) is 0 Å². The molecule has 0 saturated heterocycles. The highest BCUT2D eigenvalue weighted by atomic mass is 32.1. The molecule has 0 aliphatic heterocycles. The van der Waals surface area contributed by atoms with Gasteiger partial charge in [0.1, 0.15) is 10.0 Å². The Hall–Kier alpha value is -3.34. The van der Waals surface area contributed by atoms with Crippen molar-refractivity contribution in [1.82, 2.24) is 9.97 Å². The van der Waals surface area contributed by atoms with Crippen LogP contribution in [0.5, 0.6) is 0 Å². The maximum atomic E-state index is 4.85. The lowest BCUT2D eigenvalue weighted by Gasteiger charge is -2.21. The van der Waals surface area contributed by atoms with E-state index in [1.54, 1.807) is 22.7 Å². The fourth-order valence-corrected chi connectivity index (χ4v) is 6.58. The zero-order chi connectivity index (χ0) is 21.1. The quantitative estimate of drug-likeness (QED) is 0.269. The second-order valence-corrected chi connectivity index (χ2v) is 10.3. The van der Waals surface area contributed by atoms with E-state index in [0.717, 1.165) is 33.9 Å². The molecule has 2 heterocycles. The SMILES string of the molecule is c1ccc2sc(-c3ccc4c(c3)CCc3cc(-c5nc6ccccc6s5)ccc3-4)nc2c1. The molecule has 1 aliphatic rings. The van der Waals surface area contributed by atoms with Gasteiger partial charge in [0.05, 0.1) is 20.4 Å². The van der Waals surface area contributed by atoms with Crippen LogP contribution in [0, 0.1) is 0 Å². The van der Waals surface area contributed by atoms with Gasteiger partial charge in [-0.25, -0.2) is 9.97 Å². The predicted octanol–water partition coefficient (Wildman–Crippen LogP) is 8.01. The van der Waals surface area contributed by atoms with Crippen molar-refractivity contribution >= 4 is 43.1 Å². The van der Waals surface area contributed by atoms with Crippen molar-refractivity contribution in [3.63, 3.8) is 0 Å². The summed E-state index contributed by atoms with van der Waals surface area (Å²) in [6, 6.07) is 30.5. The summed E-state index contributed by atoms with van der Waals surface area (Å²) in [7, 11) is 0. The monoisotopic (exact) mass is 446 g/mol. The third-order valence-electron chi connectivity index (χ3n) is 6.25. The van der Waals surface area contributed by atoms with E-state index < -0.39 is 0 Å². The zero-order valence-electron chi connectivity index (χ0n) is 17.2. The summed E-state index contributed by atoms with van der Waals surface area (Å²) in [6.07, 6.45) is 2.12. The molecule has 7 rings (SSSR count). The molecular formula is C28H18N2S2. The summed E-state index contributed by atoms with van der Waals surface area (Å²) in [5.41, 5.74) is 10.2. The summed E-state index contributed by atoms with van der Waals surface area (Å²) in [5, 5.41) is 2.21. The fraction of sp³-hybridized carbons (Fsp3) is 0.0714. The molecule has 0 fully saturated rings. The predicted molar refractivity (Wildman–Crippen MR) is 137 cm³/mol. The second kappa shape index (κ2) is 7.09. The lowest BCUT2D eigenvalue weighted by molar-refractivity contribution is 0.942. The molecule has 0 radical (unpaired) electrons. The van der Waals surface area contributed by atoms with Crippen molar-refractivity contribution in [2.24, 2.45) is 0 Å². The number of aryl methyl sites for hydroxylation is 2. The molecule has 2 aromatic heterocycles. The Labute approximate surface area is 193 Å². The molecule has 152 valence electrons. The van der Waals surface area contributed by atoms with Gasteiger partial charge in [-0.05, 0) is 71.5 Å². The van der Waals surface area contributed by atoms with Crippen LogP contribution < -0.4 is 0 Å². The Bertz CT molecular complexity index is 1450. The van der Waals surface area contributed by atoms with Crippen LogP contribution in [0.3, 0.4) is 0 Å². The van der Waals surface area contributed by atoms with Gasteiger partial charge in [-0.1, -0.05) is 48.5 Å². The first kappa shape index (κ1) is 18.3. The normalized spacial score (nSPS) is 12.8. The Kier molecular flexibility index (Phi) is 4.04. The Morgan fingerprint density at radius 2 is 1.00 bits per heavy atom. The molecule has 0 N–H and O–H groups in total. The molecule has 32 heavy (non-hydrogen) atoms. The third kappa shape index (κ3) is 2.91. The first-order chi connectivity index (χ1) is 15.8. The van der Waals surface area contributed by atoms with E-state index in [1.807, 2.05) is 0 Å². The second-order valence-electron chi connectivity index (χ2n) is 8.22. The summed E-state index contributed by atoms with van der Waals surface area (Å²) in [4.78, 5) is 9.70. The van der Waals surface area contributed by atoms with Gasteiger partial charge in [-0.15, -0.1) is 22.7 Å². The molecule has 4 aromatic carbocycles. The molecule has 0 saturated carbocycles. The van der Waals surface area contributed by atoms with Gasteiger partial charge >= 0.3 is 0 Å². The highest BCUT2D eigenvalue weighted by molar-refractivity contribution is 7.22. The van der Waals surface area contributed by atoms with E-state index in [4.69, 9.17) is 9.97 Å². The van der Waals surface area contributed by atoms with E-state index >= 15 is 0 Å². The van der Waals surface area contributed by atoms with Gasteiger partial charge in [0, 0.05) is 11.1 Å². The Morgan fingerprint density at radius 1 is 0.531 bits per heavy atom. The molecule has 6 aromatic rings. The van der Waals surface area contributed by atoms with Crippen molar-refractivity contribution in [1.29, 1.82) is 0 Å². The van der Waals surface area contributed by atoms with E-state index in [0.29, 0.717) is 0 Å². The van der Waals surface area contributed by atoms with Crippen LogP contribution in [0.1, 0.15) is 11.1 Å². The van der Waals surface area contributed by atoms with Crippen molar-refractivity contribution in [3.05, 3.63) is 96.1 Å². The van der Waals surface area contributed by atoms with Crippen molar-refractivity contribution in [2.45, 2.75) is 12.8 Å². The number of aromatic nitrogens is 2. The van der Waals surface area contributed by atoms with Crippen LogP contribution in [-0.2, 0) is 12.8 Å². The van der Waals surface area contributed by atoms with E-state index in [9.17, 15) is 0 Å². The van der Waals surface area contributed by atoms with Crippen LogP contribution in [0.15, 0.2) is 84.9 Å². The maximum Gasteiger partial charge on any atom is 0.124 e. The number of hydrogen-bond acceptors (Lipinski definition) is 4. The Morgan fingerprint density at radius 3 is 1.47 bits per heavy atom. The zero-order valence-corrected chi connectivity index (χ0v) is 18.8. The average molecular weight is 447 g/mol. The topological polar surface area (TPSA) is 25.8 Å². The number of benzene rings is 4. The summed E-state index contributed by atoms with van der Waals surface area (Å²) >= 11 is 3.54. The Balaban J connectivity index is 1.27. The first-order valence-electron chi connectivity index (χ1n) is 10.8. The number of fused-ring (bicyclic) bond motifs is 5. The van der Waals surface area contributed by atoms with E-state index in [1.165, 1.54) is 42.8 Å².